The predicted molar refractivity (Wildman–Crippen MR) is 45.3 cm³/mol. The summed E-state index contributed by atoms with van der Waals surface area (Å²) >= 11 is 0. The van der Waals surface area contributed by atoms with Crippen molar-refractivity contribution in [3.8, 4) is 0 Å². The lowest BCUT2D eigenvalue weighted by Crippen LogP contribution is -2.31. The van der Waals surface area contributed by atoms with E-state index < -0.39 is 0 Å². The van der Waals surface area contributed by atoms with Crippen LogP contribution in [0.4, 0.5) is 0 Å². The highest BCUT2D eigenvalue weighted by molar-refractivity contribution is 5.90. The average molecular weight is 159 g/mol. The number of ketones is 1. The molecule has 1 N–H and O–H groups in total. The first-order valence-electron chi connectivity index (χ1n) is 4.00. The van der Waals surface area contributed by atoms with Gasteiger partial charge in [-0.15, -0.1) is 0 Å². The Hall–Kier alpha value is -0.860. The molecular formula is C8H17NO2. The Morgan fingerprint density at radius 2 is 2.18 bits per heavy atom. The van der Waals surface area contributed by atoms with E-state index in [1.807, 2.05) is 13.8 Å². The summed E-state index contributed by atoms with van der Waals surface area (Å²) in [4.78, 5) is 21.1. The molecule has 1 saturated heterocycles. The molecule has 1 fully saturated rings. The molecule has 1 rings (SSSR count). The van der Waals surface area contributed by atoms with Crippen molar-refractivity contribution in [2.45, 2.75) is 39.7 Å². The van der Waals surface area contributed by atoms with Gasteiger partial charge in [-0.1, -0.05) is 13.8 Å². The minimum absolute atomic E-state index is 0. The van der Waals surface area contributed by atoms with Gasteiger partial charge in [0.1, 0.15) is 0 Å². The number of nitrogens with one attached hydrogen (secondary N) is 1. The molecule has 0 radical (unpaired) electrons. The van der Waals surface area contributed by atoms with Crippen molar-refractivity contribution < 1.29 is 11.0 Å². The second-order valence-electron chi connectivity index (χ2n) is 2.27. The Kier molecular flexibility index (Phi) is 4.50. The summed E-state index contributed by atoms with van der Waals surface area (Å²) < 4.78 is 0. The van der Waals surface area contributed by atoms with E-state index in [0.29, 0.717) is 12.8 Å². The molecule has 3 nitrogen and oxygen atoms in total. The first kappa shape index (κ1) is 10.1. The Morgan fingerprint density at radius 3 is 2.36 bits per heavy atom. The molecule has 1 amide bonds. The van der Waals surface area contributed by atoms with Crippen LogP contribution in [-0.2, 0) is 9.59 Å². The molecule has 11 heavy (non-hydrogen) atoms. The number of carbonyl (C=O) groups excluding carboxylic acids is 2. The molecule has 0 saturated carbocycles. The van der Waals surface area contributed by atoms with Crippen LogP contribution in [0.25, 0.3) is 0 Å². The highest BCUT2D eigenvalue weighted by atomic mass is 16.2. The van der Waals surface area contributed by atoms with Gasteiger partial charge in [0.2, 0.25) is 5.91 Å². The van der Waals surface area contributed by atoms with E-state index in [9.17, 15) is 9.59 Å². The molecule has 1 atom stereocenters. The lowest BCUT2D eigenvalue weighted by Gasteiger charge is -2.01. The van der Waals surface area contributed by atoms with Gasteiger partial charge >= 0.3 is 0 Å². The number of rotatable bonds is 1. The van der Waals surface area contributed by atoms with Crippen molar-refractivity contribution in [3.63, 3.8) is 0 Å². The maximum Gasteiger partial charge on any atom is 0.220 e. The van der Waals surface area contributed by atoms with Gasteiger partial charge in [-0.25, -0.2) is 0 Å². The van der Waals surface area contributed by atoms with Crippen molar-refractivity contribution in [2.24, 2.45) is 0 Å². The summed E-state index contributed by atoms with van der Waals surface area (Å²) in [6.45, 7) is 5.50. The maximum atomic E-state index is 10.6. The Labute approximate surface area is 68.7 Å². The van der Waals surface area contributed by atoms with Crippen LogP contribution < -0.4 is 5.32 Å². The Balaban J connectivity index is 0. The third kappa shape index (κ3) is 3.16. The summed E-state index contributed by atoms with van der Waals surface area (Å²) in [6, 6.07) is -0.197. The lowest BCUT2D eigenvalue weighted by molar-refractivity contribution is -0.123. The van der Waals surface area contributed by atoms with Crippen LogP contribution in [0.3, 0.4) is 0 Å². The predicted octanol–water partition coefficient (Wildman–Crippen LogP) is 1.13. The SMILES string of the molecule is CC.CC(=O)[C@H]1CCC(=O)N1.[HH]. The summed E-state index contributed by atoms with van der Waals surface area (Å²) in [5, 5.41) is 2.56. The smallest absolute Gasteiger partial charge is 0.220 e. The monoisotopic (exact) mass is 159 g/mol. The van der Waals surface area contributed by atoms with Crippen LogP contribution in [0.15, 0.2) is 0 Å². The highest BCUT2D eigenvalue weighted by Gasteiger charge is 2.23. The van der Waals surface area contributed by atoms with E-state index in [2.05, 4.69) is 5.32 Å². The molecule has 0 unspecified atom stereocenters. The zero-order valence-electron chi connectivity index (χ0n) is 7.31. The minimum Gasteiger partial charge on any atom is -0.346 e. The van der Waals surface area contributed by atoms with Gasteiger partial charge in [0.15, 0.2) is 5.78 Å². The summed E-state index contributed by atoms with van der Waals surface area (Å²) in [5.41, 5.74) is 0. The molecule has 0 bridgehead atoms. The fourth-order valence-electron chi connectivity index (χ4n) is 0.919. The quantitative estimate of drug-likeness (QED) is 0.623. The molecule has 66 valence electrons. The van der Waals surface area contributed by atoms with Crippen LogP contribution in [0, 0.1) is 0 Å². The standard InChI is InChI=1S/C6H9NO2.C2H6.H2/c1-4(8)5-2-3-6(9)7-5;1-2;/h5H,2-3H2,1H3,(H,7,9);1-2H3;1H/t5-;;/m1../s1. The van der Waals surface area contributed by atoms with Gasteiger partial charge in [-0.2, -0.15) is 0 Å². The number of hydrogen-bond acceptors (Lipinski definition) is 2. The molecule has 0 spiro atoms. The topological polar surface area (TPSA) is 46.2 Å². The van der Waals surface area contributed by atoms with Gasteiger partial charge < -0.3 is 5.32 Å². The first-order chi connectivity index (χ1) is 5.20. The largest absolute Gasteiger partial charge is 0.346 e. The second-order valence-corrected chi connectivity index (χ2v) is 2.27. The van der Waals surface area contributed by atoms with Crippen molar-refractivity contribution in [1.82, 2.24) is 5.32 Å². The summed E-state index contributed by atoms with van der Waals surface area (Å²) in [7, 11) is 0. The van der Waals surface area contributed by atoms with E-state index in [4.69, 9.17) is 0 Å². The van der Waals surface area contributed by atoms with Gasteiger partial charge in [-0.3, -0.25) is 9.59 Å². The van der Waals surface area contributed by atoms with E-state index in [-0.39, 0.29) is 19.2 Å². The van der Waals surface area contributed by atoms with E-state index in [1.54, 1.807) is 0 Å². The summed E-state index contributed by atoms with van der Waals surface area (Å²) in [5.74, 6) is 0.0519. The molecule has 0 aromatic rings. The Morgan fingerprint density at radius 1 is 1.64 bits per heavy atom. The Bertz CT molecular complexity index is 159. The van der Waals surface area contributed by atoms with Crippen LogP contribution in [0.2, 0.25) is 0 Å². The molecule has 1 aliphatic rings. The molecule has 0 aromatic carbocycles. The molecule has 0 aliphatic carbocycles. The van der Waals surface area contributed by atoms with E-state index in [0.717, 1.165) is 0 Å². The van der Waals surface area contributed by atoms with Crippen molar-refractivity contribution in [1.29, 1.82) is 0 Å². The van der Waals surface area contributed by atoms with Crippen LogP contribution in [-0.4, -0.2) is 17.7 Å². The number of amides is 1. The van der Waals surface area contributed by atoms with Gasteiger partial charge in [0.25, 0.3) is 0 Å². The fraction of sp³-hybridized carbons (Fsp3) is 0.750. The zero-order chi connectivity index (χ0) is 8.85. The number of Topliss-reactive ketones (excluding diaryl/α,β-unsaturated/α-hetero) is 1. The number of hydrogen-bond donors (Lipinski definition) is 1. The average Bonchev–Trinajstić information content (AvgIpc) is 2.40. The third-order valence-corrected chi connectivity index (χ3v) is 1.49. The third-order valence-electron chi connectivity index (χ3n) is 1.49. The number of carbonyl (C=O) groups is 2. The lowest BCUT2D eigenvalue weighted by atomic mass is 10.2. The molecule has 1 heterocycles. The van der Waals surface area contributed by atoms with Crippen molar-refractivity contribution in [3.05, 3.63) is 0 Å². The van der Waals surface area contributed by atoms with E-state index in [1.165, 1.54) is 6.92 Å². The van der Waals surface area contributed by atoms with Crippen molar-refractivity contribution in [2.75, 3.05) is 0 Å². The fourth-order valence-corrected chi connectivity index (χ4v) is 0.919. The van der Waals surface area contributed by atoms with Gasteiger partial charge in [0, 0.05) is 7.85 Å². The maximum absolute atomic E-state index is 10.6. The second kappa shape index (κ2) is 4.88. The zero-order valence-corrected chi connectivity index (χ0v) is 7.31. The molecule has 0 aromatic heterocycles. The van der Waals surface area contributed by atoms with Crippen molar-refractivity contribution >= 4 is 11.7 Å². The minimum atomic E-state index is -0.197. The molecular weight excluding hydrogens is 142 g/mol. The van der Waals surface area contributed by atoms with E-state index >= 15 is 0 Å². The van der Waals surface area contributed by atoms with Gasteiger partial charge in [0.05, 0.1) is 6.04 Å². The van der Waals surface area contributed by atoms with Crippen LogP contribution in [0.5, 0.6) is 0 Å². The molecule has 3 heteroatoms. The normalized spacial score (nSPS) is 21.7. The van der Waals surface area contributed by atoms with Gasteiger partial charge in [-0.05, 0) is 13.3 Å². The first-order valence-corrected chi connectivity index (χ1v) is 4.00. The van der Waals surface area contributed by atoms with Crippen LogP contribution in [0.1, 0.15) is 35.0 Å². The van der Waals surface area contributed by atoms with Crippen LogP contribution >= 0.6 is 0 Å². The highest BCUT2D eigenvalue weighted by Crippen LogP contribution is 2.06. The summed E-state index contributed by atoms with van der Waals surface area (Å²) in [6.07, 6.45) is 1.18. The molecule has 1 aliphatic heterocycles.